The molecule has 0 atom stereocenters. The largest absolute Gasteiger partial charge is 0.478 e. The molecule has 0 rings (SSSR count). The second kappa shape index (κ2) is 16.1. The molecule has 68 valence electrons. The van der Waals surface area contributed by atoms with Gasteiger partial charge in [0, 0.05) is 12.2 Å². The van der Waals surface area contributed by atoms with Crippen LogP contribution in [0.5, 0.6) is 0 Å². The van der Waals surface area contributed by atoms with Crippen LogP contribution in [0.25, 0.3) is 0 Å². The lowest BCUT2D eigenvalue weighted by Gasteiger charge is -1.64. The summed E-state index contributed by atoms with van der Waals surface area (Å²) in [5.41, 5.74) is 0. The Morgan fingerprint density at radius 2 is 1.00 bits per heavy atom. The van der Waals surface area contributed by atoms with Crippen LogP contribution in [0.2, 0.25) is 0 Å². The van der Waals surface area contributed by atoms with Crippen LogP contribution in [0.3, 0.4) is 0 Å². The molecule has 0 heterocycles. The average Bonchev–Trinajstić information content (AvgIpc) is 2.09. The van der Waals surface area contributed by atoms with Gasteiger partial charge in [0.05, 0.1) is 0 Å². The Bertz CT molecular complexity index is 142. The van der Waals surface area contributed by atoms with Crippen LogP contribution in [0.15, 0.2) is 38.5 Å². The van der Waals surface area contributed by atoms with Gasteiger partial charge in [-0.15, -0.1) is 13.2 Å². The van der Waals surface area contributed by atoms with Crippen molar-refractivity contribution >= 4 is 11.9 Å². The minimum Gasteiger partial charge on any atom is -0.478 e. The fourth-order valence-corrected chi connectivity index (χ4v) is 0. The topological polar surface area (TPSA) is 74.6 Å². The highest BCUT2D eigenvalue weighted by Gasteiger charge is 1.73. The van der Waals surface area contributed by atoms with Gasteiger partial charge in [-0.1, -0.05) is 13.2 Å². The molecule has 0 fully saturated rings. The summed E-state index contributed by atoms with van der Waals surface area (Å²) in [7, 11) is 0. The number of hydrogen-bond donors (Lipinski definition) is 2. The maximum Gasteiger partial charge on any atom is 0.327 e. The normalized spacial score (nSPS) is 5.67. The summed E-state index contributed by atoms with van der Waals surface area (Å²) in [5, 5.41) is 15.2. The van der Waals surface area contributed by atoms with Crippen LogP contribution < -0.4 is 0 Å². The molecule has 0 unspecified atom stereocenters. The van der Waals surface area contributed by atoms with Gasteiger partial charge in [0.1, 0.15) is 0 Å². The Balaban J connectivity index is -0.000000112. The van der Waals surface area contributed by atoms with Crippen molar-refractivity contribution in [2.45, 2.75) is 0 Å². The zero-order chi connectivity index (χ0) is 10.6. The molecule has 0 radical (unpaired) electrons. The summed E-state index contributed by atoms with van der Waals surface area (Å²) in [6, 6.07) is 0. The Labute approximate surface area is 71.1 Å². The number of aliphatic carboxylic acids is 2. The molecular formula is C8H12O4. The van der Waals surface area contributed by atoms with Crippen molar-refractivity contribution in [3.63, 3.8) is 0 Å². The van der Waals surface area contributed by atoms with Gasteiger partial charge < -0.3 is 10.2 Å². The molecule has 0 aliphatic rings. The van der Waals surface area contributed by atoms with Gasteiger partial charge in [-0.3, -0.25) is 0 Å². The third kappa shape index (κ3) is 89.7. The van der Waals surface area contributed by atoms with Gasteiger partial charge in [-0.05, 0) is 0 Å². The average molecular weight is 172 g/mol. The van der Waals surface area contributed by atoms with E-state index in [1.807, 2.05) is 0 Å². The van der Waals surface area contributed by atoms with Crippen molar-refractivity contribution in [1.82, 2.24) is 0 Å². The first-order chi connectivity index (χ1) is 5.54. The smallest absolute Gasteiger partial charge is 0.327 e. The number of hydrogen-bond acceptors (Lipinski definition) is 2. The van der Waals surface area contributed by atoms with E-state index in [1.54, 1.807) is 0 Å². The summed E-state index contributed by atoms with van der Waals surface area (Å²) in [4.78, 5) is 18.5. The molecule has 0 aromatic rings. The highest BCUT2D eigenvalue weighted by Crippen LogP contribution is 1.55. The van der Waals surface area contributed by atoms with Crippen LogP contribution >= 0.6 is 0 Å². The van der Waals surface area contributed by atoms with Crippen molar-refractivity contribution in [3.8, 4) is 0 Å². The third-order valence-electron chi connectivity index (χ3n) is 0.349. The van der Waals surface area contributed by atoms with E-state index in [1.165, 1.54) is 0 Å². The van der Waals surface area contributed by atoms with E-state index in [0.29, 0.717) is 0 Å². The van der Waals surface area contributed by atoms with E-state index < -0.39 is 11.9 Å². The van der Waals surface area contributed by atoms with Crippen LogP contribution in [-0.4, -0.2) is 22.2 Å². The standard InChI is InChI=1S/2C3H4O2.C2H4/c2*1-2-3(4)5;1-2/h2*2H,1H2,(H,4,5);1-2H2. The number of carboxylic acids is 2. The maximum absolute atomic E-state index is 9.25. The monoisotopic (exact) mass is 172 g/mol. The highest BCUT2D eigenvalue weighted by molar-refractivity contribution is 5.79. The van der Waals surface area contributed by atoms with E-state index in [2.05, 4.69) is 26.3 Å². The van der Waals surface area contributed by atoms with Crippen molar-refractivity contribution < 1.29 is 19.8 Å². The van der Waals surface area contributed by atoms with Crippen molar-refractivity contribution in [2.75, 3.05) is 0 Å². The molecule has 0 aliphatic carbocycles. The van der Waals surface area contributed by atoms with Gasteiger partial charge in [-0.25, -0.2) is 9.59 Å². The Morgan fingerprint density at radius 3 is 1.00 bits per heavy atom. The van der Waals surface area contributed by atoms with Crippen LogP contribution in [0.4, 0.5) is 0 Å². The molecule has 0 spiro atoms. The minimum absolute atomic E-state index is 0.833. The van der Waals surface area contributed by atoms with E-state index in [0.717, 1.165) is 12.2 Å². The molecule has 0 aliphatic heterocycles. The molecule has 0 bridgehead atoms. The summed E-state index contributed by atoms with van der Waals surface area (Å²) < 4.78 is 0. The number of carbonyl (C=O) groups is 2. The van der Waals surface area contributed by atoms with E-state index in [-0.39, 0.29) is 0 Å². The van der Waals surface area contributed by atoms with Crippen molar-refractivity contribution in [1.29, 1.82) is 0 Å². The molecular weight excluding hydrogens is 160 g/mol. The SMILES string of the molecule is C=C.C=CC(=O)O.C=CC(=O)O. The van der Waals surface area contributed by atoms with E-state index in [9.17, 15) is 9.59 Å². The molecule has 0 saturated heterocycles. The third-order valence-corrected chi connectivity index (χ3v) is 0.349. The zero-order valence-corrected chi connectivity index (χ0v) is 6.69. The molecule has 0 aromatic carbocycles. The van der Waals surface area contributed by atoms with Gasteiger partial charge in [0.2, 0.25) is 0 Å². The summed E-state index contributed by atoms with van der Waals surface area (Å²) in [5.74, 6) is -1.96. The fourth-order valence-electron chi connectivity index (χ4n) is 0. The molecule has 4 heteroatoms. The Kier molecular flexibility index (Phi) is 22.3. The Hall–Kier alpha value is -1.84. The fraction of sp³-hybridized carbons (Fsp3) is 0. The summed E-state index contributed by atoms with van der Waals surface area (Å²) in [6.45, 7) is 11.9. The second-order valence-corrected chi connectivity index (χ2v) is 1.08. The minimum atomic E-state index is -0.981. The molecule has 0 saturated carbocycles. The van der Waals surface area contributed by atoms with Gasteiger partial charge in [0.25, 0.3) is 0 Å². The molecule has 0 amide bonds. The van der Waals surface area contributed by atoms with E-state index >= 15 is 0 Å². The second-order valence-electron chi connectivity index (χ2n) is 1.08. The highest BCUT2D eigenvalue weighted by atomic mass is 16.4. The van der Waals surface area contributed by atoms with Gasteiger partial charge in [0.15, 0.2) is 0 Å². The first kappa shape index (κ1) is 16.6. The van der Waals surface area contributed by atoms with Crippen molar-refractivity contribution in [2.24, 2.45) is 0 Å². The lowest BCUT2D eigenvalue weighted by molar-refractivity contribution is -0.132. The van der Waals surface area contributed by atoms with Crippen LogP contribution in [0.1, 0.15) is 0 Å². The first-order valence-electron chi connectivity index (χ1n) is 2.75. The Morgan fingerprint density at radius 1 is 0.917 bits per heavy atom. The lowest BCUT2D eigenvalue weighted by Crippen LogP contribution is -1.82. The number of rotatable bonds is 2. The van der Waals surface area contributed by atoms with Crippen LogP contribution in [0, 0.1) is 0 Å². The zero-order valence-electron chi connectivity index (χ0n) is 6.69. The maximum atomic E-state index is 9.25. The predicted octanol–water partition coefficient (Wildman–Crippen LogP) is 1.32. The van der Waals surface area contributed by atoms with Gasteiger partial charge in [-0.2, -0.15) is 0 Å². The molecule has 12 heavy (non-hydrogen) atoms. The first-order valence-corrected chi connectivity index (χ1v) is 2.75. The number of carboxylic acid groups (broad SMARTS) is 2. The van der Waals surface area contributed by atoms with Gasteiger partial charge >= 0.3 is 11.9 Å². The quantitative estimate of drug-likeness (QED) is 0.486. The summed E-state index contributed by atoms with van der Waals surface area (Å²) in [6.07, 6.45) is 1.67. The lowest BCUT2D eigenvalue weighted by atomic mass is 10.7. The molecule has 4 nitrogen and oxygen atoms in total. The van der Waals surface area contributed by atoms with Crippen molar-refractivity contribution in [3.05, 3.63) is 38.5 Å². The van der Waals surface area contributed by atoms with E-state index in [4.69, 9.17) is 10.2 Å². The molecule has 0 aromatic heterocycles. The summed E-state index contributed by atoms with van der Waals surface area (Å²) >= 11 is 0. The predicted molar refractivity (Wildman–Crippen MR) is 46.9 cm³/mol. The molecule has 2 N–H and O–H groups in total. The van der Waals surface area contributed by atoms with Crippen LogP contribution in [-0.2, 0) is 9.59 Å².